The molecule has 1 aliphatic rings. The zero-order valence-corrected chi connectivity index (χ0v) is 10.1. The molecule has 1 aliphatic heterocycles. The van der Waals surface area contributed by atoms with Crippen LogP contribution in [-0.2, 0) is 4.74 Å². The molecule has 0 aliphatic carbocycles. The second-order valence-corrected chi connectivity index (χ2v) is 4.62. The molecule has 3 nitrogen and oxygen atoms in total. The lowest BCUT2D eigenvalue weighted by atomic mass is 10.0. The van der Waals surface area contributed by atoms with Crippen molar-refractivity contribution < 1.29 is 4.74 Å². The van der Waals surface area contributed by atoms with Crippen LogP contribution in [0, 0.1) is 0 Å². The molecule has 1 fully saturated rings. The van der Waals surface area contributed by atoms with Crippen LogP contribution in [-0.4, -0.2) is 17.6 Å². The first-order valence-corrected chi connectivity index (χ1v) is 6.22. The van der Waals surface area contributed by atoms with E-state index in [0.29, 0.717) is 0 Å². The lowest BCUT2D eigenvalue weighted by Crippen LogP contribution is -2.23. The topological polar surface area (TPSA) is 48.1 Å². The third-order valence-electron chi connectivity index (χ3n) is 3.33. The molecule has 0 amide bonds. The maximum Gasteiger partial charge on any atom is 0.0991 e. The van der Waals surface area contributed by atoms with E-state index < -0.39 is 0 Å². The maximum absolute atomic E-state index is 6.05. The van der Waals surface area contributed by atoms with Gasteiger partial charge in [-0.15, -0.1) is 0 Å². The van der Waals surface area contributed by atoms with E-state index in [2.05, 4.69) is 23.2 Å². The Morgan fingerprint density at radius 1 is 1.11 bits per heavy atom. The SMILES string of the molecule is N[C@H]1CCO[C@@H]1c1cncc(-c2ccccc2)c1. The van der Waals surface area contributed by atoms with Crippen molar-refractivity contribution in [1.29, 1.82) is 0 Å². The summed E-state index contributed by atoms with van der Waals surface area (Å²) in [4.78, 5) is 4.30. The van der Waals surface area contributed by atoms with Crippen molar-refractivity contribution in [3.8, 4) is 11.1 Å². The molecule has 0 bridgehead atoms. The summed E-state index contributed by atoms with van der Waals surface area (Å²) in [5, 5.41) is 0. The van der Waals surface area contributed by atoms with E-state index in [1.54, 1.807) is 0 Å². The fourth-order valence-corrected chi connectivity index (χ4v) is 2.35. The van der Waals surface area contributed by atoms with Gasteiger partial charge in [0.2, 0.25) is 0 Å². The second kappa shape index (κ2) is 4.88. The van der Waals surface area contributed by atoms with E-state index in [1.165, 1.54) is 5.56 Å². The number of pyridine rings is 1. The van der Waals surface area contributed by atoms with Gasteiger partial charge in [0.1, 0.15) is 0 Å². The van der Waals surface area contributed by atoms with Crippen LogP contribution in [0.4, 0.5) is 0 Å². The van der Waals surface area contributed by atoms with Gasteiger partial charge < -0.3 is 10.5 Å². The van der Waals surface area contributed by atoms with E-state index in [0.717, 1.165) is 24.2 Å². The van der Waals surface area contributed by atoms with Crippen LogP contribution < -0.4 is 5.73 Å². The highest BCUT2D eigenvalue weighted by molar-refractivity contribution is 5.62. The van der Waals surface area contributed by atoms with Gasteiger partial charge in [0, 0.05) is 36.2 Å². The molecule has 3 rings (SSSR count). The summed E-state index contributed by atoms with van der Waals surface area (Å²) < 4.78 is 5.68. The molecule has 2 N–H and O–H groups in total. The highest BCUT2D eigenvalue weighted by Crippen LogP contribution is 2.29. The van der Waals surface area contributed by atoms with Gasteiger partial charge in [0.05, 0.1) is 6.10 Å². The molecule has 0 radical (unpaired) electrons. The van der Waals surface area contributed by atoms with Crippen molar-refractivity contribution in [3.05, 3.63) is 54.4 Å². The van der Waals surface area contributed by atoms with Gasteiger partial charge in [-0.1, -0.05) is 30.3 Å². The number of rotatable bonds is 2. The Morgan fingerprint density at radius 3 is 2.67 bits per heavy atom. The van der Waals surface area contributed by atoms with Gasteiger partial charge in [-0.2, -0.15) is 0 Å². The van der Waals surface area contributed by atoms with Crippen molar-refractivity contribution in [3.63, 3.8) is 0 Å². The molecule has 3 heteroatoms. The Hall–Kier alpha value is -1.71. The Kier molecular flexibility index (Phi) is 3.09. The largest absolute Gasteiger partial charge is 0.372 e. The standard InChI is InChI=1S/C15H16N2O/c16-14-6-7-18-15(14)13-8-12(9-17-10-13)11-4-2-1-3-5-11/h1-5,8-10,14-15H,6-7,16H2/t14-,15+/m0/s1. The summed E-state index contributed by atoms with van der Waals surface area (Å²) in [5.41, 5.74) is 9.39. The molecule has 1 aromatic heterocycles. The third-order valence-corrected chi connectivity index (χ3v) is 3.33. The Morgan fingerprint density at radius 2 is 1.94 bits per heavy atom. The second-order valence-electron chi connectivity index (χ2n) is 4.62. The molecule has 2 atom stereocenters. The Balaban J connectivity index is 1.94. The van der Waals surface area contributed by atoms with Crippen LogP contribution in [0.3, 0.4) is 0 Å². The molecule has 1 saturated heterocycles. The average Bonchev–Trinajstić information content (AvgIpc) is 2.86. The summed E-state index contributed by atoms with van der Waals surface area (Å²) in [6, 6.07) is 12.4. The molecular weight excluding hydrogens is 224 g/mol. The number of hydrogen-bond acceptors (Lipinski definition) is 3. The van der Waals surface area contributed by atoms with E-state index in [1.807, 2.05) is 30.6 Å². The predicted molar refractivity (Wildman–Crippen MR) is 71.0 cm³/mol. The number of aromatic nitrogens is 1. The Labute approximate surface area is 107 Å². The molecule has 1 aromatic carbocycles. The molecule has 2 aromatic rings. The summed E-state index contributed by atoms with van der Waals surface area (Å²) >= 11 is 0. The third kappa shape index (κ3) is 2.15. The lowest BCUT2D eigenvalue weighted by Gasteiger charge is -2.15. The fourth-order valence-electron chi connectivity index (χ4n) is 2.35. The zero-order chi connectivity index (χ0) is 12.4. The van der Waals surface area contributed by atoms with Crippen LogP contribution in [0.25, 0.3) is 11.1 Å². The van der Waals surface area contributed by atoms with E-state index >= 15 is 0 Å². The number of nitrogens with two attached hydrogens (primary N) is 1. The summed E-state index contributed by atoms with van der Waals surface area (Å²) in [6.45, 7) is 0.737. The highest BCUT2D eigenvalue weighted by atomic mass is 16.5. The van der Waals surface area contributed by atoms with Crippen molar-refractivity contribution in [2.75, 3.05) is 6.61 Å². The predicted octanol–water partition coefficient (Wildman–Crippen LogP) is 2.54. The van der Waals surface area contributed by atoms with Crippen LogP contribution in [0.15, 0.2) is 48.8 Å². The smallest absolute Gasteiger partial charge is 0.0991 e. The Bertz CT molecular complexity index is 527. The number of ether oxygens (including phenoxy) is 1. The van der Waals surface area contributed by atoms with E-state index in [-0.39, 0.29) is 12.1 Å². The minimum absolute atomic E-state index is 0.0128. The van der Waals surface area contributed by atoms with Crippen molar-refractivity contribution in [2.24, 2.45) is 5.73 Å². The lowest BCUT2D eigenvalue weighted by molar-refractivity contribution is 0.105. The molecule has 0 saturated carbocycles. The molecular formula is C15H16N2O. The maximum atomic E-state index is 6.05. The van der Waals surface area contributed by atoms with E-state index in [9.17, 15) is 0 Å². The zero-order valence-electron chi connectivity index (χ0n) is 10.1. The van der Waals surface area contributed by atoms with Gasteiger partial charge in [-0.25, -0.2) is 0 Å². The van der Waals surface area contributed by atoms with Crippen molar-refractivity contribution >= 4 is 0 Å². The first kappa shape index (κ1) is 11.4. The normalized spacial score (nSPS) is 23.2. The number of benzene rings is 1. The average molecular weight is 240 g/mol. The first-order valence-electron chi connectivity index (χ1n) is 6.22. The number of nitrogens with zero attached hydrogens (tertiary/aromatic N) is 1. The molecule has 0 unspecified atom stereocenters. The summed E-state index contributed by atoms with van der Waals surface area (Å²) in [7, 11) is 0. The molecule has 92 valence electrons. The quantitative estimate of drug-likeness (QED) is 0.877. The molecule has 18 heavy (non-hydrogen) atoms. The van der Waals surface area contributed by atoms with Gasteiger partial charge in [-0.05, 0) is 18.1 Å². The van der Waals surface area contributed by atoms with Crippen molar-refractivity contribution in [1.82, 2.24) is 4.98 Å². The molecule has 2 heterocycles. The van der Waals surface area contributed by atoms with Gasteiger partial charge in [0.25, 0.3) is 0 Å². The van der Waals surface area contributed by atoms with Gasteiger partial charge in [-0.3, -0.25) is 4.98 Å². The highest BCUT2D eigenvalue weighted by Gasteiger charge is 2.26. The van der Waals surface area contributed by atoms with Crippen molar-refractivity contribution in [2.45, 2.75) is 18.6 Å². The first-order chi connectivity index (χ1) is 8.84. The van der Waals surface area contributed by atoms with Crippen LogP contribution in [0.2, 0.25) is 0 Å². The minimum Gasteiger partial charge on any atom is -0.372 e. The summed E-state index contributed by atoms with van der Waals surface area (Å²) in [5.74, 6) is 0. The monoisotopic (exact) mass is 240 g/mol. The summed E-state index contributed by atoms with van der Waals surface area (Å²) in [6.07, 6.45) is 4.63. The fraction of sp³-hybridized carbons (Fsp3) is 0.267. The minimum atomic E-state index is -0.0128. The van der Waals surface area contributed by atoms with Gasteiger partial charge in [0.15, 0.2) is 0 Å². The van der Waals surface area contributed by atoms with Crippen LogP contribution >= 0.6 is 0 Å². The van der Waals surface area contributed by atoms with E-state index in [4.69, 9.17) is 10.5 Å². The number of hydrogen-bond donors (Lipinski definition) is 1. The van der Waals surface area contributed by atoms with Crippen LogP contribution in [0.5, 0.6) is 0 Å². The van der Waals surface area contributed by atoms with Crippen LogP contribution in [0.1, 0.15) is 18.1 Å². The molecule has 0 spiro atoms. The van der Waals surface area contributed by atoms with Gasteiger partial charge >= 0.3 is 0 Å².